The maximum Gasteiger partial charge on any atom is 0.251 e. The van der Waals surface area contributed by atoms with Gasteiger partial charge in [0.25, 0.3) is 6.04 Å². The Bertz CT molecular complexity index is 401. The first-order valence-electron chi connectivity index (χ1n) is 4.54. The maximum absolute atomic E-state index is 10.8. The zero-order valence-electron chi connectivity index (χ0n) is 8.25. The van der Waals surface area contributed by atoms with Crippen LogP contribution in [-0.2, 0) is 13.1 Å². The molecule has 0 aromatic carbocycles. The molecule has 84 valence electrons. The van der Waals surface area contributed by atoms with Crippen LogP contribution in [0.3, 0.4) is 0 Å². The van der Waals surface area contributed by atoms with Crippen molar-refractivity contribution >= 4 is 0 Å². The molecule has 0 amide bonds. The van der Waals surface area contributed by atoms with E-state index in [1.807, 2.05) is 0 Å². The highest BCUT2D eigenvalue weighted by molar-refractivity contribution is 4.64. The molecule has 0 spiro atoms. The Morgan fingerprint density at radius 3 is 1.94 bits per heavy atom. The van der Waals surface area contributed by atoms with Gasteiger partial charge in [0, 0.05) is 4.92 Å². The van der Waals surface area contributed by atoms with E-state index in [0.717, 1.165) is 0 Å². The second kappa shape index (κ2) is 4.47. The molecule has 0 unspecified atom stereocenters. The maximum atomic E-state index is 10.8. The minimum atomic E-state index is -0.802. The minimum Gasteiger partial charge on any atom is -0.264 e. The molecule has 16 heavy (non-hydrogen) atoms. The normalized spacial score (nSPS) is 10.8. The molecule has 0 aliphatic carbocycles. The fourth-order valence-electron chi connectivity index (χ4n) is 1.28. The highest BCUT2D eigenvalue weighted by atomic mass is 16.6. The molecule has 0 aliphatic heterocycles. The Kier molecular flexibility index (Phi) is 2.85. The van der Waals surface area contributed by atoms with Gasteiger partial charge in [-0.1, -0.05) is 0 Å². The highest BCUT2D eigenvalue weighted by Gasteiger charge is 2.22. The summed E-state index contributed by atoms with van der Waals surface area (Å²) in [6.07, 6.45) is 5.56. The fraction of sp³-hybridized carbons (Fsp3) is 0.429. The largest absolute Gasteiger partial charge is 0.264 e. The monoisotopic (exact) mass is 223 g/mol. The second-order valence-corrected chi connectivity index (χ2v) is 3.17. The Hall–Kier alpha value is -2.32. The molecular weight excluding hydrogens is 214 g/mol. The number of hydrogen-bond donors (Lipinski definition) is 0. The Labute approximate surface area is 89.9 Å². The van der Waals surface area contributed by atoms with Crippen LogP contribution in [0.2, 0.25) is 0 Å². The van der Waals surface area contributed by atoms with Gasteiger partial charge in [-0.15, -0.1) is 0 Å². The molecule has 0 N–H and O–H groups in total. The number of hydrogen-bond acceptors (Lipinski definition) is 6. The van der Waals surface area contributed by atoms with Crippen LogP contribution in [0.15, 0.2) is 25.3 Å². The molecular formula is C7H9N7O2. The number of rotatable bonds is 5. The zero-order valence-corrected chi connectivity index (χ0v) is 8.25. The third-order valence-electron chi connectivity index (χ3n) is 2.03. The van der Waals surface area contributed by atoms with Crippen LogP contribution in [0.1, 0.15) is 0 Å². The van der Waals surface area contributed by atoms with E-state index in [-0.39, 0.29) is 18.0 Å². The number of nitro groups is 1. The second-order valence-electron chi connectivity index (χ2n) is 3.17. The van der Waals surface area contributed by atoms with Crippen LogP contribution in [0.4, 0.5) is 0 Å². The minimum absolute atomic E-state index is 0.160. The standard InChI is InChI=1S/C7H9N7O2/c15-14(16)7(1-12-5-8-3-10-12)2-13-6-9-4-11-13/h3-7H,1-2H2. The third kappa shape index (κ3) is 2.38. The molecule has 2 aromatic heterocycles. The lowest BCUT2D eigenvalue weighted by molar-refractivity contribution is -0.527. The number of aromatic nitrogens is 6. The van der Waals surface area contributed by atoms with Crippen molar-refractivity contribution < 1.29 is 4.92 Å². The zero-order chi connectivity index (χ0) is 11.4. The molecule has 2 aromatic rings. The highest BCUT2D eigenvalue weighted by Crippen LogP contribution is 1.98. The molecule has 0 saturated carbocycles. The van der Waals surface area contributed by atoms with Crippen molar-refractivity contribution in [1.82, 2.24) is 29.5 Å². The number of nitrogens with zero attached hydrogens (tertiary/aromatic N) is 7. The van der Waals surface area contributed by atoms with Crippen LogP contribution in [0, 0.1) is 10.1 Å². The van der Waals surface area contributed by atoms with Crippen molar-refractivity contribution in [3.8, 4) is 0 Å². The third-order valence-corrected chi connectivity index (χ3v) is 2.03. The lowest BCUT2D eigenvalue weighted by atomic mass is 10.3. The van der Waals surface area contributed by atoms with Gasteiger partial charge in [0.2, 0.25) is 0 Å². The van der Waals surface area contributed by atoms with Crippen molar-refractivity contribution in [1.29, 1.82) is 0 Å². The summed E-state index contributed by atoms with van der Waals surface area (Å²) in [4.78, 5) is 17.9. The van der Waals surface area contributed by atoms with Crippen LogP contribution in [0.5, 0.6) is 0 Å². The molecule has 9 heteroatoms. The topological polar surface area (TPSA) is 105 Å². The van der Waals surface area contributed by atoms with Crippen LogP contribution in [0.25, 0.3) is 0 Å². The summed E-state index contributed by atoms with van der Waals surface area (Å²) in [7, 11) is 0. The van der Waals surface area contributed by atoms with Gasteiger partial charge >= 0.3 is 0 Å². The lowest BCUT2D eigenvalue weighted by Gasteiger charge is -2.08. The van der Waals surface area contributed by atoms with E-state index in [9.17, 15) is 10.1 Å². The molecule has 2 heterocycles. The quantitative estimate of drug-likeness (QED) is 0.486. The van der Waals surface area contributed by atoms with Crippen molar-refractivity contribution in [2.75, 3.05) is 0 Å². The summed E-state index contributed by atoms with van der Waals surface area (Å²) < 4.78 is 2.84. The van der Waals surface area contributed by atoms with E-state index in [1.165, 1.54) is 34.7 Å². The smallest absolute Gasteiger partial charge is 0.251 e. The Morgan fingerprint density at radius 2 is 1.62 bits per heavy atom. The van der Waals surface area contributed by atoms with Crippen molar-refractivity contribution in [3.63, 3.8) is 0 Å². The van der Waals surface area contributed by atoms with E-state index in [0.29, 0.717) is 0 Å². The molecule has 0 radical (unpaired) electrons. The van der Waals surface area contributed by atoms with Gasteiger partial charge in [-0.05, 0) is 0 Å². The fourth-order valence-corrected chi connectivity index (χ4v) is 1.28. The predicted molar refractivity (Wildman–Crippen MR) is 50.8 cm³/mol. The molecule has 0 bridgehead atoms. The van der Waals surface area contributed by atoms with E-state index >= 15 is 0 Å². The summed E-state index contributed by atoms with van der Waals surface area (Å²) in [6, 6.07) is -0.802. The van der Waals surface area contributed by atoms with Crippen molar-refractivity contribution in [2.45, 2.75) is 19.1 Å². The van der Waals surface area contributed by atoms with Crippen LogP contribution < -0.4 is 0 Å². The first-order valence-corrected chi connectivity index (χ1v) is 4.54. The van der Waals surface area contributed by atoms with Gasteiger partial charge in [-0.3, -0.25) is 10.1 Å². The average Bonchev–Trinajstić information content (AvgIpc) is 2.88. The van der Waals surface area contributed by atoms with E-state index in [2.05, 4.69) is 20.2 Å². The van der Waals surface area contributed by atoms with Crippen LogP contribution >= 0.6 is 0 Å². The Balaban J connectivity index is 2.03. The molecule has 2 rings (SSSR count). The molecule has 0 atom stereocenters. The molecule has 9 nitrogen and oxygen atoms in total. The van der Waals surface area contributed by atoms with Gasteiger partial charge in [0.05, 0.1) is 0 Å². The van der Waals surface area contributed by atoms with Crippen molar-refractivity contribution in [2.24, 2.45) is 0 Å². The first kappa shape index (κ1) is 10.2. The summed E-state index contributed by atoms with van der Waals surface area (Å²) in [5.41, 5.74) is 0. The lowest BCUT2D eigenvalue weighted by Crippen LogP contribution is -2.30. The molecule has 0 fully saturated rings. The SMILES string of the molecule is O=[N+]([O-])C(Cn1cncn1)Cn1cncn1. The van der Waals surface area contributed by atoms with Gasteiger partial charge in [0.1, 0.15) is 38.4 Å². The molecule has 0 saturated heterocycles. The first-order chi connectivity index (χ1) is 7.75. The predicted octanol–water partition coefficient (Wildman–Crippen LogP) is -0.785. The van der Waals surface area contributed by atoms with Crippen LogP contribution in [-0.4, -0.2) is 40.5 Å². The van der Waals surface area contributed by atoms with E-state index < -0.39 is 6.04 Å². The van der Waals surface area contributed by atoms with Gasteiger partial charge in [-0.25, -0.2) is 19.3 Å². The summed E-state index contributed by atoms with van der Waals surface area (Å²) >= 11 is 0. The summed E-state index contributed by atoms with van der Waals surface area (Å²) in [5, 5.41) is 18.5. The van der Waals surface area contributed by atoms with E-state index in [1.54, 1.807) is 0 Å². The van der Waals surface area contributed by atoms with Gasteiger partial charge < -0.3 is 0 Å². The summed E-state index contributed by atoms with van der Waals surface area (Å²) in [5.74, 6) is 0. The van der Waals surface area contributed by atoms with Crippen molar-refractivity contribution in [3.05, 3.63) is 35.4 Å². The molecule has 0 aliphatic rings. The average molecular weight is 223 g/mol. The summed E-state index contributed by atoms with van der Waals surface area (Å²) in [6.45, 7) is 0.319. The van der Waals surface area contributed by atoms with Gasteiger partial charge in [0.15, 0.2) is 0 Å². The van der Waals surface area contributed by atoms with E-state index in [4.69, 9.17) is 0 Å². The Morgan fingerprint density at radius 1 is 1.12 bits per heavy atom. The van der Waals surface area contributed by atoms with Gasteiger partial charge in [-0.2, -0.15) is 10.2 Å².